The van der Waals surface area contributed by atoms with E-state index in [1.54, 1.807) is 12.1 Å². The van der Waals surface area contributed by atoms with Crippen molar-refractivity contribution >= 4 is 46.1 Å². The fourth-order valence-electron chi connectivity index (χ4n) is 3.38. The Hall–Kier alpha value is -4.49. The number of hydrogen-bond donors (Lipinski definition) is 2. The number of benzene rings is 3. The molecule has 5 aromatic rings. The van der Waals surface area contributed by atoms with Gasteiger partial charge in [0, 0.05) is 22.9 Å². The van der Waals surface area contributed by atoms with Gasteiger partial charge in [0.1, 0.15) is 17.0 Å². The van der Waals surface area contributed by atoms with Crippen LogP contribution >= 0.6 is 12.2 Å². The standard InChI is InChI=1S/C27H19N3O3S/c31-25(16-13-21-12-15-23(32-21)18-7-3-1-4-8-18)30-27(34)28-20-11-14-24-22(17-20)29-26(33-24)19-9-5-2-6-10-19/h1-17H,(H2,28,30,31,34)/b16-13+. The molecule has 2 N–H and O–H groups in total. The van der Waals surface area contributed by atoms with Crippen molar-refractivity contribution in [1.82, 2.24) is 10.3 Å². The first-order valence-corrected chi connectivity index (χ1v) is 11.0. The number of anilines is 1. The van der Waals surface area contributed by atoms with Gasteiger partial charge in [-0.15, -0.1) is 0 Å². The van der Waals surface area contributed by atoms with E-state index < -0.39 is 0 Å². The summed E-state index contributed by atoms with van der Waals surface area (Å²) in [5.41, 5.74) is 3.90. The number of rotatable bonds is 5. The second kappa shape index (κ2) is 9.56. The molecule has 6 nitrogen and oxygen atoms in total. The van der Waals surface area contributed by atoms with Crippen molar-refractivity contribution in [3.63, 3.8) is 0 Å². The van der Waals surface area contributed by atoms with Crippen molar-refractivity contribution in [2.24, 2.45) is 0 Å². The van der Waals surface area contributed by atoms with Crippen LogP contribution in [0.3, 0.4) is 0 Å². The van der Waals surface area contributed by atoms with Gasteiger partial charge in [-0.1, -0.05) is 48.5 Å². The van der Waals surface area contributed by atoms with Crippen LogP contribution in [0.4, 0.5) is 5.69 Å². The summed E-state index contributed by atoms with van der Waals surface area (Å²) in [5.74, 6) is 1.47. The highest BCUT2D eigenvalue weighted by molar-refractivity contribution is 7.80. The van der Waals surface area contributed by atoms with E-state index in [0.29, 0.717) is 28.4 Å². The van der Waals surface area contributed by atoms with Crippen LogP contribution in [-0.2, 0) is 4.79 Å². The maximum absolute atomic E-state index is 12.3. The van der Waals surface area contributed by atoms with Gasteiger partial charge in [0.25, 0.3) is 0 Å². The van der Waals surface area contributed by atoms with Crippen LogP contribution in [0.15, 0.2) is 106 Å². The molecule has 0 spiro atoms. The van der Waals surface area contributed by atoms with Crippen LogP contribution in [0.5, 0.6) is 0 Å². The third kappa shape index (κ3) is 4.95. The summed E-state index contributed by atoms with van der Waals surface area (Å²) in [5, 5.41) is 5.80. The smallest absolute Gasteiger partial charge is 0.250 e. The number of fused-ring (bicyclic) bond motifs is 1. The first kappa shape index (κ1) is 21.4. The van der Waals surface area contributed by atoms with Crippen LogP contribution < -0.4 is 10.6 Å². The summed E-state index contributed by atoms with van der Waals surface area (Å²) in [6, 6.07) is 28.5. The predicted octanol–water partition coefficient (Wildman–Crippen LogP) is 6.28. The predicted molar refractivity (Wildman–Crippen MR) is 137 cm³/mol. The lowest BCUT2D eigenvalue weighted by Gasteiger charge is -2.07. The molecule has 0 bridgehead atoms. The number of nitrogens with one attached hydrogen (secondary N) is 2. The van der Waals surface area contributed by atoms with E-state index in [1.165, 1.54) is 6.08 Å². The second-order valence-corrected chi connectivity index (χ2v) is 7.82. The quantitative estimate of drug-likeness (QED) is 0.235. The van der Waals surface area contributed by atoms with Crippen LogP contribution in [0.25, 0.3) is 40.0 Å². The highest BCUT2D eigenvalue weighted by Crippen LogP contribution is 2.26. The molecule has 2 aromatic heterocycles. The Morgan fingerprint density at radius 2 is 1.59 bits per heavy atom. The lowest BCUT2D eigenvalue weighted by Crippen LogP contribution is -2.32. The molecular weight excluding hydrogens is 446 g/mol. The molecule has 0 saturated heterocycles. The molecule has 0 aliphatic carbocycles. The number of hydrogen-bond acceptors (Lipinski definition) is 5. The van der Waals surface area contributed by atoms with Crippen LogP contribution in [-0.4, -0.2) is 16.0 Å². The Balaban J connectivity index is 1.20. The number of oxazole rings is 1. The lowest BCUT2D eigenvalue weighted by atomic mass is 10.2. The number of carbonyl (C=O) groups excluding carboxylic acids is 1. The molecule has 0 fully saturated rings. The number of thiocarbonyl (C=S) groups is 1. The van der Waals surface area contributed by atoms with Gasteiger partial charge in [-0.2, -0.15) is 0 Å². The summed E-state index contributed by atoms with van der Waals surface area (Å²) in [7, 11) is 0. The van der Waals surface area contributed by atoms with Crippen molar-refractivity contribution in [2.75, 3.05) is 5.32 Å². The van der Waals surface area contributed by atoms with E-state index in [4.69, 9.17) is 21.1 Å². The average molecular weight is 466 g/mol. The molecule has 7 heteroatoms. The fourth-order valence-corrected chi connectivity index (χ4v) is 3.60. The minimum atomic E-state index is -0.371. The zero-order valence-corrected chi connectivity index (χ0v) is 18.7. The van der Waals surface area contributed by atoms with Gasteiger partial charge in [-0.3, -0.25) is 10.1 Å². The van der Waals surface area contributed by atoms with E-state index >= 15 is 0 Å². The lowest BCUT2D eigenvalue weighted by molar-refractivity contribution is -0.115. The number of carbonyl (C=O) groups is 1. The summed E-state index contributed by atoms with van der Waals surface area (Å²) in [6.45, 7) is 0. The molecule has 0 saturated carbocycles. The molecule has 1 amide bonds. The minimum Gasteiger partial charge on any atom is -0.457 e. The average Bonchev–Trinajstić information content (AvgIpc) is 3.51. The van der Waals surface area contributed by atoms with Crippen molar-refractivity contribution in [2.45, 2.75) is 0 Å². The van der Waals surface area contributed by atoms with E-state index in [0.717, 1.165) is 16.9 Å². The summed E-state index contributed by atoms with van der Waals surface area (Å²) in [4.78, 5) is 16.8. The van der Waals surface area contributed by atoms with Gasteiger partial charge < -0.3 is 14.2 Å². The van der Waals surface area contributed by atoms with Gasteiger partial charge in [0.05, 0.1) is 0 Å². The third-order valence-electron chi connectivity index (χ3n) is 4.99. The first-order valence-electron chi connectivity index (χ1n) is 10.6. The summed E-state index contributed by atoms with van der Waals surface area (Å²) in [6.07, 6.45) is 2.96. The van der Waals surface area contributed by atoms with Crippen LogP contribution in [0.1, 0.15) is 5.76 Å². The monoisotopic (exact) mass is 465 g/mol. The molecule has 0 atom stereocenters. The molecular formula is C27H19N3O3S. The fraction of sp³-hybridized carbons (Fsp3) is 0. The molecule has 0 radical (unpaired) electrons. The number of aromatic nitrogens is 1. The van der Waals surface area contributed by atoms with E-state index in [1.807, 2.05) is 84.9 Å². The highest BCUT2D eigenvalue weighted by Gasteiger charge is 2.10. The van der Waals surface area contributed by atoms with Gasteiger partial charge in [0.2, 0.25) is 11.8 Å². The molecule has 0 aliphatic heterocycles. The van der Waals surface area contributed by atoms with Crippen molar-refractivity contribution in [3.8, 4) is 22.8 Å². The minimum absolute atomic E-state index is 0.171. The van der Waals surface area contributed by atoms with Crippen molar-refractivity contribution in [3.05, 3.63) is 103 Å². The molecule has 0 unspecified atom stereocenters. The summed E-state index contributed by atoms with van der Waals surface area (Å²) < 4.78 is 11.6. The molecule has 2 heterocycles. The molecule has 166 valence electrons. The first-order chi connectivity index (χ1) is 16.6. The Morgan fingerprint density at radius 1 is 0.853 bits per heavy atom. The van der Waals surface area contributed by atoms with Gasteiger partial charge >= 0.3 is 0 Å². The topological polar surface area (TPSA) is 80.3 Å². The normalized spacial score (nSPS) is 11.1. The number of nitrogens with zero attached hydrogens (tertiary/aromatic N) is 1. The molecule has 0 aliphatic rings. The summed E-state index contributed by atoms with van der Waals surface area (Å²) >= 11 is 5.27. The molecule has 5 rings (SSSR count). The van der Waals surface area contributed by atoms with Crippen LogP contribution in [0.2, 0.25) is 0 Å². The Labute approximate surface area is 200 Å². The second-order valence-electron chi connectivity index (χ2n) is 7.41. The third-order valence-corrected chi connectivity index (χ3v) is 5.19. The maximum Gasteiger partial charge on any atom is 0.250 e. The Morgan fingerprint density at radius 3 is 2.35 bits per heavy atom. The van der Waals surface area contributed by atoms with Gasteiger partial charge in [-0.05, 0) is 60.8 Å². The molecule has 34 heavy (non-hydrogen) atoms. The van der Waals surface area contributed by atoms with Gasteiger partial charge in [0.15, 0.2) is 10.7 Å². The number of furan rings is 1. The number of amides is 1. The van der Waals surface area contributed by atoms with Crippen molar-refractivity contribution < 1.29 is 13.6 Å². The Bertz CT molecular complexity index is 1490. The highest BCUT2D eigenvalue weighted by atomic mass is 32.1. The van der Waals surface area contributed by atoms with E-state index in [-0.39, 0.29) is 11.0 Å². The SMILES string of the molecule is O=C(/C=C/c1ccc(-c2ccccc2)o1)NC(=S)Nc1ccc2oc(-c3ccccc3)nc2c1. The van der Waals surface area contributed by atoms with E-state index in [9.17, 15) is 4.79 Å². The zero-order chi connectivity index (χ0) is 23.3. The van der Waals surface area contributed by atoms with Crippen molar-refractivity contribution in [1.29, 1.82) is 0 Å². The molecule has 3 aromatic carbocycles. The van der Waals surface area contributed by atoms with Gasteiger partial charge in [-0.25, -0.2) is 4.98 Å². The largest absolute Gasteiger partial charge is 0.457 e. The maximum atomic E-state index is 12.3. The Kier molecular flexibility index (Phi) is 6.01. The zero-order valence-electron chi connectivity index (χ0n) is 17.9. The van der Waals surface area contributed by atoms with Crippen LogP contribution in [0, 0.1) is 0 Å². The van der Waals surface area contributed by atoms with E-state index in [2.05, 4.69) is 15.6 Å².